The zero-order valence-corrected chi connectivity index (χ0v) is 38.2. The van der Waals surface area contributed by atoms with Gasteiger partial charge < -0.3 is 0 Å². The first-order valence-electron chi connectivity index (χ1n) is 18.7. The van der Waals surface area contributed by atoms with Gasteiger partial charge in [0, 0.05) is 51.9 Å². The van der Waals surface area contributed by atoms with Gasteiger partial charge in [0.2, 0.25) is 0 Å². The molecule has 0 amide bonds. The molecule has 2 aromatic rings. The average Bonchev–Trinajstić information content (AvgIpc) is 3.90. The van der Waals surface area contributed by atoms with E-state index in [-0.39, 0.29) is 0 Å². The molecule has 0 bridgehead atoms. The normalized spacial score (nSPS) is 17.5. The Morgan fingerprint density at radius 1 is 0.260 bits per heavy atom. The van der Waals surface area contributed by atoms with Crippen molar-refractivity contribution in [3.05, 3.63) is 21.0 Å². The average molecular weight is 1290 g/mol. The second kappa shape index (κ2) is 19.0. The van der Waals surface area contributed by atoms with Crippen LogP contribution in [0.15, 0.2) is 29.7 Å². The number of aromatic nitrogens is 4. The minimum absolute atomic E-state index is 0.535. The molecule has 1 spiro atoms. The molecule has 2 aliphatic rings. The zero-order chi connectivity index (χ0) is 60.8. The van der Waals surface area contributed by atoms with Crippen LogP contribution >= 0.6 is 47.8 Å². The summed E-state index contributed by atoms with van der Waals surface area (Å²) < 4.78 is 488. The molecule has 0 aromatic carbocycles. The third kappa shape index (κ3) is 10.3. The molecular weight excluding hydrogens is 1270 g/mol. The molecule has 4 heterocycles. The van der Waals surface area contributed by atoms with E-state index < -0.39 is 247 Å². The Morgan fingerprint density at radius 3 is 0.532 bits per heavy atom. The first-order chi connectivity index (χ1) is 33.6. The van der Waals surface area contributed by atoms with Gasteiger partial charge in [-0.05, 0) is 0 Å². The summed E-state index contributed by atoms with van der Waals surface area (Å²) in [6.07, 6.45) is -42.9. The van der Waals surface area contributed by atoms with Gasteiger partial charge in [0.05, 0.1) is 0 Å². The van der Waals surface area contributed by atoms with Crippen LogP contribution in [0.1, 0.15) is 25.7 Å². The third-order valence-electron chi connectivity index (χ3n) is 10.5. The van der Waals surface area contributed by atoms with Crippen molar-refractivity contribution in [1.82, 2.24) is 18.3 Å². The summed E-state index contributed by atoms with van der Waals surface area (Å²) in [6, 6.07) is 0. The summed E-state index contributed by atoms with van der Waals surface area (Å²) in [5, 5.41) is -5.98. The number of nitrogens with zero attached hydrogens (tertiary/aromatic N) is 5. The van der Waals surface area contributed by atoms with Crippen molar-refractivity contribution in [2.75, 3.05) is 0 Å². The van der Waals surface area contributed by atoms with E-state index in [0.29, 0.717) is 0 Å². The standard InChI is InChI=1S/C30H16F36N5O2S4/c31-15(32,19(39,40)23(47,48)27(55,56)57)1-5-67-9-10(68(13(67)72)6-2-16(33,34)20(41,42)24(49,50)28(58,59)60)75-71(74-9)76-11-12(77-71)70(8-4-18(37,38)22(45,46)26(53,54)30(64,65)66)14(73)69(11)7-3-17(35,36)21(43,44)25(51,52)29(61,62)63/h1-8H2/q+1. The predicted octanol–water partition coefficient (Wildman–Crippen LogP) is 14.6. The summed E-state index contributed by atoms with van der Waals surface area (Å²) in [5.41, 5.74) is -4.91. The molecule has 0 saturated heterocycles. The highest BCUT2D eigenvalue weighted by atomic mass is 32.3. The highest BCUT2D eigenvalue weighted by Crippen LogP contribution is 2.71. The number of quaternary nitrogens is 1. The molecule has 0 fully saturated rings. The van der Waals surface area contributed by atoms with Gasteiger partial charge in [-0.2, -0.15) is 158 Å². The highest BCUT2D eigenvalue weighted by Gasteiger charge is 2.85. The van der Waals surface area contributed by atoms with Crippen molar-refractivity contribution in [3.63, 3.8) is 0 Å². The van der Waals surface area contributed by atoms with Crippen molar-refractivity contribution in [2.24, 2.45) is 0 Å². The first-order valence-corrected chi connectivity index (χ1v) is 21.8. The number of rotatable bonds is 20. The van der Waals surface area contributed by atoms with Crippen LogP contribution < -0.4 is 11.4 Å². The number of fused-ring (bicyclic) bond motifs is 2. The van der Waals surface area contributed by atoms with Crippen molar-refractivity contribution >= 4 is 47.8 Å². The third-order valence-corrected chi connectivity index (χ3v) is 16.7. The first kappa shape index (κ1) is 66.4. The molecule has 2 aromatic heterocycles. The topological polar surface area (TPSA) is 53.9 Å². The molecule has 7 nitrogen and oxygen atoms in total. The lowest BCUT2D eigenvalue weighted by Gasteiger charge is -2.33. The molecule has 47 heteroatoms. The van der Waals surface area contributed by atoms with Crippen molar-refractivity contribution in [3.8, 4) is 0 Å². The zero-order valence-electron chi connectivity index (χ0n) is 34.9. The minimum atomic E-state index is -7.71. The van der Waals surface area contributed by atoms with Gasteiger partial charge in [0.1, 0.15) is 0 Å². The van der Waals surface area contributed by atoms with Gasteiger partial charge in [0.25, 0.3) is 0 Å². The fourth-order valence-corrected chi connectivity index (χ4v) is 12.6. The van der Waals surface area contributed by atoms with Crippen LogP contribution in [0, 0.1) is 0 Å². The Balaban J connectivity index is 1.93. The van der Waals surface area contributed by atoms with E-state index in [1.54, 1.807) is 0 Å². The van der Waals surface area contributed by atoms with Gasteiger partial charge in [-0.25, -0.2) is 9.59 Å². The Morgan fingerprint density at radius 2 is 0.403 bits per heavy atom. The monoisotopic (exact) mass is 1290 g/mol. The number of halogens is 36. The molecule has 0 aliphatic carbocycles. The second-order valence-electron chi connectivity index (χ2n) is 15.6. The summed E-state index contributed by atoms with van der Waals surface area (Å²) >= 11 is -2.14. The smallest absolute Gasteiger partial charge is 0.281 e. The second-order valence-corrected chi connectivity index (χ2v) is 21.5. The molecule has 0 atom stereocenters. The van der Waals surface area contributed by atoms with Crippen LogP contribution in [-0.2, 0) is 26.2 Å². The molecule has 448 valence electrons. The number of imidazole rings is 2. The van der Waals surface area contributed by atoms with Gasteiger partial charge in [-0.15, -0.1) is 0 Å². The Hall–Kier alpha value is -3.14. The van der Waals surface area contributed by atoms with Crippen LogP contribution in [0.5, 0.6) is 0 Å². The number of hydrogen-bond donors (Lipinski definition) is 0. The summed E-state index contributed by atoms with van der Waals surface area (Å²) in [6.45, 7) is -9.91. The van der Waals surface area contributed by atoms with Crippen LogP contribution in [0.2, 0.25) is 0 Å². The Labute approximate surface area is 414 Å². The number of hydrogen-bond acceptors (Lipinski definition) is 6. The van der Waals surface area contributed by atoms with E-state index in [1.807, 2.05) is 0 Å². The van der Waals surface area contributed by atoms with E-state index in [1.165, 1.54) is 0 Å². The predicted molar refractivity (Wildman–Crippen MR) is 183 cm³/mol. The van der Waals surface area contributed by atoms with Crippen LogP contribution in [0.25, 0.3) is 0 Å². The maximum absolute atomic E-state index is 14.7. The quantitative estimate of drug-likeness (QED) is 0.0748. The largest absolute Gasteiger partial charge is 0.460 e. The van der Waals surface area contributed by atoms with E-state index in [4.69, 9.17) is 0 Å². The van der Waals surface area contributed by atoms with Crippen molar-refractivity contribution in [2.45, 2.75) is 168 Å². The number of alkyl halides is 36. The molecule has 0 unspecified atom stereocenters. The Kier molecular flexibility index (Phi) is 16.3. The molecule has 2 aliphatic heterocycles. The molecule has 4 rings (SSSR count). The molecule has 0 saturated carbocycles. The van der Waals surface area contributed by atoms with Gasteiger partial charge in [-0.1, -0.05) is 2.10 Å². The van der Waals surface area contributed by atoms with Gasteiger partial charge in [0.15, 0.2) is 67.9 Å². The van der Waals surface area contributed by atoms with Crippen LogP contribution in [0.3, 0.4) is 0 Å². The fraction of sp³-hybridized carbons (Fsp3) is 0.800. The summed E-state index contributed by atoms with van der Waals surface area (Å²) in [5.74, 6) is -88.1. The maximum atomic E-state index is 14.7. The molecule has 0 N–H and O–H groups in total. The van der Waals surface area contributed by atoms with E-state index in [2.05, 4.69) is 0 Å². The SMILES string of the molecule is O=c1n(CCC(F)(F)C(F)(F)C(F)(F)C(F)(F)F)c2c(n1CCC(F)(F)C(F)(F)C(F)(F)C(F)(F)F)S[N+]1(S2)Sc2c(n(CCC(F)(F)C(F)(F)C(F)(F)C(F)(F)F)c(=O)n2CCC(F)(F)C(F)(F)C(F)(F)C(F)(F)F)S1. The van der Waals surface area contributed by atoms with Crippen LogP contribution in [0.4, 0.5) is 158 Å². The molecular formula is C30H16F36N5O2S4+. The van der Waals surface area contributed by atoms with Crippen molar-refractivity contribution < 1.29 is 160 Å². The summed E-state index contributed by atoms with van der Waals surface area (Å²) in [7, 11) is 0. The maximum Gasteiger partial charge on any atom is 0.460 e. The van der Waals surface area contributed by atoms with E-state index in [9.17, 15) is 168 Å². The van der Waals surface area contributed by atoms with E-state index in [0.717, 1.165) is 0 Å². The van der Waals surface area contributed by atoms with Crippen LogP contribution in [-0.4, -0.2) is 116 Å². The molecule has 0 radical (unpaired) electrons. The van der Waals surface area contributed by atoms with Gasteiger partial charge >= 0.3 is 107 Å². The van der Waals surface area contributed by atoms with Crippen molar-refractivity contribution in [1.29, 1.82) is 0 Å². The van der Waals surface area contributed by atoms with Gasteiger partial charge in [-0.3, -0.25) is 18.3 Å². The minimum Gasteiger partial charge on any atom is -0.281 e. The lowest BCUT2D eigenvalue weighted by atomic mass is 10.0. The molecule has 77 heavy (non-hydrogen) atoms. The van der Waals surface area contributed by atoms with E-state index >= 15 is 0 Å². The fourth-order valence-electron chi connectivity index (χ4n) is 6.05. The summed E-state index contributed by atoms with van der Waals surface area (Å²) in [4.78, 5) is 26.7. The highest BCUT2D eigenvalue weighted by molar-refractivity contribution is 8.31. The lowest BCUT2D eigenvalue weighted by molar-refractivity contribution is -0.397. The lowest BCUT2D eigenvalue weighted by Crippen LogP contribution is -2.61. The Bertz CT molecular complexity index is 2300.